The maximum atomic E-state index is 12.7. The third-order valence-corrected chi connectivity index (χ3v) is 6.00. The fourth-order valence-electron chi connectivity index (χ4n) is 2.89. The van der Waals surface area contributed by atoms with E-state index in [-0.39, 0.29) is 5.03 Å². The van der Waals surface area contributed by atoms with Crippen LogP contribution < -0.4 is 0 Å². The maximum Gasteiger partial charge on any atom is 0.262 e. The van der Waals surface area contributed by atoms with Crippen LogP contribution in [0.2, 0.25) is 0 Å². The highest BCUT2D eigenvalue weighted by Crippen LogP contribution is 2.19. The van der Waals surface area contributed by atoms with Gasteiger partial charge in [0.2, 0.25) is 0 Å². The van der Waals surface area contributed by atoms with E-state index in [1.807, 2.05) is 30.3 Å². The lowest BCUT2D eigenvalue weighted by atomic mass is 10.2. The van der Waals surface area contributed by atoms with Crippen LogP contribution in [-0.4, -0.2) is 50.1 Å². The zero-order valence-electron chi connectivity index (χ0n) is 13.8. The summed E-state index contributed by atoms with van der Waals surface area (Å²) in [4.78, 5) is 8.56. The van der Waals surface area contributed by atoms with Crippen LogP contribution in [0.4, 0.5) is 0 Å². The minimum atomic E-state index is -3.59. The van der Waals surface area contributed by atoms with E-state index < -0.39 is 10.0 Å². The average Bonchev–Trinajstić information content (AvgIpc) is 3.18. The number of fused-ring (bicyclic) bond motifs is 1. The summed E-state index contributed by atoms with van der Waals surface area (Å²) >= 11 is 0. The van der Waals surface area contributed by atoms with Crippen LogP contribution in [0.25, 0.3) is 11.4 Å². The van der Waals surface area contributed by atoms with Crippen molar-refractivity contribution in [1.82, 2.24) is 28.6 Å². The van der Waals surface area contributed by atoms with E-state index in [9.17, 15) is 8.42 Å². The Kier molecular flexibility index (Phi) is 3.89. The first-order chi connectivity index (χ1) is 12.0. The molecule has 0 saturated heterocycles. The van der Waals surface area contributed by atoms with Gasteiger partial charge in [-0.05, 0) is 0 Å². The van der Waals surface area contributed by atoms with E-state index in [1.54, 1.807) is 16.3 Å². The molecule has 0 amide bonds. The third-order valence-electron chi connectivity index (χ3n) is 4.21. The Bertz CT molecular complexity index is 967. The minimum Gasteiger partial charge on any atom is -0.339 e. The summed E-state index contributed by atoms with van der Waals surface area (Å²) in [7, 11) is -1.84. The van der Waals surface area contributed by atoms with Crippen molar-refractivity contribution >= 4 is 10.0 Å². The molecule has 9 heteroatoms. The van der Waals surface area contributed by atoms with Crippen molar-refractivity contribution in [3.8, 4) is 11.4 Å². The number of aromatic nitrogens is 5. The van der Waals surface area contributed by atoms with Crippen molar-refractivity contribution in [2.75, 3.05) is 13.1 Å². The molecule has 2 aromatic heterocycles. The van der Waals surface area contributed by atoms with E-state index in [4.69, 9.17) is 0 Å². The fourth-order valence-corrected chi connectivity index (χ4v) is 4.28. The van der Waals surface area contributed by atoms with Crippen molar-refractivity contribution in [2.24, 2.45) is 7.05 Å². The minimum absolute atomic E-state index is 0.0764. The Morgan fingerprint density at radius 2 is 1.88 bits per heavy atom. The molecule has 0 atom stereocenters. The van der Waals surface area contributed by atoms with Crippen LogP contribution in [0.15, 0.2) is 47.9 Å². The summed E-state index contributed by atoms with van der Waals surface area (Å²) in [6, 6.07) is 9.77. The van der Waals surface area contributed by atoms with E-state index in [1.165, 1.54) is 16.8 Å². The summed E-state index contributed by atoms with van der Waals surface area (Å²) in [5.41, 5.74) is 0.959. The zero-order valence-corrected chi connectivity index (χ0v) is 14.6. The van der Waals surface area contributed by atoms with E-state index in [2.05, 4.69) is 15.1 Å². The van der Waals surface area contributed by atoms with Gasteiger partial charge in [0.25, 0.3) is 10.0 Å². The largest absolute Gasteiger partial charge is 0.339 e. The van der Waals surface area contributed by atoms with Crippen molar-refractivity contribution in [3.63, 3.8) is 0 Å². The predicted octanol–water partition coefficient (Wildman–Crippen LogP) is 0.926. The summed E-state index contributed by atoms with van der Waals surface area (Å²) in [6.07, 6.45) is 3.53. The van der Waals surface area contributed by atoms with Crippen molar-refractivity contribution in [3.05, 3.63) is 48.7 Å². The average molecular weight is 358 g/mol. The molecular weight excluding hydrogens is 340 g/mol. The number of hydrogen-bond acceptors (Lipinski definition) is 5. The SMILES string of the molecule is Cn1cnc(S(=O)(=O)N2CCc3nc(-c4ccccc4)nn3CC2)c1. The molecular formula is C16H18N6O2S. The molecule has 1 aliphatic heterocycles. The third kappa shape index (κ3) is 2.96. The summed E-state index contributed by atoms with van der Waals surface area (Å²) in [6.45, 7) is 1.19. The molecule has 8 nitrogen and oxygen atoms in total. The van der Waals surface area contributed by atoms with Gasteiger partial charge in [-0.1, -0.05) is 30.3 Å². The molecule has 0 radical (unpaired) electrons. The number of aryl methyl sites for hydroxylation is 1. The quantitative estimate of drug-likeness (QED) is 0.695. The molecule has 3 aromatic rings. The number of rotatable bonds is 3. The van der Waals surface area contributed by atoms with E-state index in [0.29, 0.717) is 31.9 Å². The summed E-state index contributed by atoms with van der Waals surface area (Å²) in [5, 5.41) is 4.62. The van der Waals surface area contributed by atoms with Crippen molar-refractivity contribution in [1.29, 1.82) is 0 Å². The number of benzene rings is 1. The Morgan fingerprint density at radius 1 is 1.08 bits per heavy atom. The smallest absolute Gasteiger partial charge is 0.262 e. The van der Waals surface area contributed by atoms with Gasteiger partial charge >= 0.3 is 0 Å². The molecule has 3 heterocycles. The maximum absolute atomic E-state index is 12.7. The Morgan fingerprint density at radius 3 is 2.60 bits per heavy atom. The fraction of sp³-hybridized carbons (Fsp3) is 0.312. The van der Waals surface area contributed by atoms with Crippen LogP contribution in [0.1, 0.15) is 5.82 Å². The summed E-state index contributed by atoms with van der Waals surface area (Å²) < 4.78 is 30.3. The van der Waals surface area contributed by atoms with Gasteiger partial charge in [-0.3, -0.25) is 0 Å². The Balaban J connectivity index is 1.56. The Labute approximate surface area is 145 Å². The van der Waals surface area contributed by atoms with E-state index in [0.717, 1.165) is 11.4 Å². The molecule has 25 heavy (non-hydrogen) atoms. The molecule has 4 rings (SSSR count). The van der Waals surface area contributed by atoms with Gasteiger partial charge in [-0.15, -0.1) is 0 Å². The van der Waals surface area contributed by atoms with Crippen LogP contribution >= 0.6 is 0 Å². The molecule has 1 aromatic carbocycles. The molecule has 1 aliphatic rings. The number of nitrogens with zero attached hydrogens (tertiary/aromatic N) is 6. The molecule has 0 fully saturated rings. The van der Waals surface area contributed by atoms with Gasteiger partial charge < -0.3 is 4.57 Å². The second-order valence-corrected chi connectivity index (χ2v) is 7.86. The molecule has 0 spiro atoms. The lowest BCUT2D eigenvalue weighted by Crippen LogP contribution is -2.34. The second kappa shape index (κ2) is 6.08. The standard InChI is InChI=1S/C16H18N6O2S/c1-20-11-15(17-12-20)25(23,24)21-8-7-14-18-16(19-22(14)10-9-21)13-5-3-2-4-6-13/h2-6,11-12H,7-10H2,1H3. The van der Waals surface area contributed by atoms with Crippen LogP contribution in [-0.2, 0) is 30.0 Å². The van der Waals surface area contributed by atoms with Crippen molar-refractivity contribution in [2.45, 2.75) is 18.0 Å². The molecule has 130 valence electrons. The summed E-state index contributed by atoms with van der Waals surface area (Å²) in [5.74, 6) is 1.48. The topological polar surface area (TPSA) is 85.9 Å². The lowest BCUT2D eigenvalue weighted by Gasteiger charge is -2.17. The van der Waals surface area contributed by atoms with E-state index >= 15 is 0 Å². The first kappa shape index (κ1) is 16.0. The molecule has 0 aliphatic carbocycles. The highest BCUT2D eigenvalue weighted by Gasteiger charge is 2.29. The lowest BCUT2D eigenvalue weighted by molar-refractivity contribution is 0.407. The molecule has 0 bridgehead atoms. The Hall–Kier alpha value is -2.52. The van der Waals surface area contributed by atoms with Crippen molar-refractivity contribution < 1.29 is 8.42 Å². The van der Waals surface area contributed by atoms with Crippen LogP contribution in [0.3, 0.4) is 0 Å². The van der Waals surface area contributed by atoms with Gasteiger partial charge in [-0.2, -0.15) is 9.40 Å². The van der Waals surface area contributed by atoms with Gasteiger partial charge in [0, 0.05) is 38.3 Å². The van der Waals surface area contributed by atoms with Crippen LogP contribution in [0.5, 0.6) is 0 Å². The highest BCUT2D eigenvalue weighted by molar-refractivity contribution is 7.89. The molecule has 0 N–H and O–H groups in total. The number of sulfonamides is 1. The van der Waals surface area contributed by atoms with Crippen LogP contribution in [0, 0.1) is 0 Å². The zero-order chi connectivity index (χ0) is 17.4. The monoisotopic (exact) mass is 358 g/mol. The molecule has 0 saturated carbocycles. The number of imidazole rings is 1. The predicted molar refractivity (Wildman–Crippen MR) is 91.1 cm³/mol. The van der Waals surface area contributed by atoms with Gasteiger partial charge in [0.15, 0.2) is 10.9 Å². The second-order valence-electron chi connectivity index (χ2n) is 5.97. The van der Waals surface area contributed by atoms with Gasteiger partial charge in [0.1, 0.15) is 5.82 Å². The first-order valence-corrected chi connectivity index (χ1v) is 9.45. The van der Waals surface area contributed by atoms with Gasteiger partial charge in [-0.25, -0.2) is 23.1 Å². The first-order valence-electron chi connectivity index (χ1n) is 8.01. The highest BCUT2D eigenvalue weighted by atomic mass is 32.2. The molecule has 0 unspecified atom stereocenters. The van der Waals surface area contributed by atoms with Gasteiger partial charge in [0.05, 0.1) is 12.9 Å². The number of hydrogen-bond donors (Lipinski definition) is 0. The normalized spacial score (nSPS) is 15.7.